The minimum Gasteiger partial charge on any atom is -0.463 e. The molecule has 1 heterocycles. The molecule has 0 saturated carbocycles. The predicted molar refractivity (Wildman–Crippen MR) is 38.7 cm³/mol. The molecule has 71 valence electrons. The van der Waals surface area contributed by atoms with E-state index < -0.39 is 0 Å². The molecule has 1 N–H and O–H groups in total. The van der Waals surface area contributed by atoms with E-state index in [9.17, 15) is 0 Å². The summed E-state index contributed by atoms with van der Waals surface area (Å²) in [4.78, 5) is 0. The van der Waals surface area contributed by atoms with Crippen LogP contribution in [0.3, 0.4) is 0 Å². The zero-order valence-electron chi connectivity index (χ0n) is 6.66. The molecule has 1 rings (SSSR count). The first-order valence-corrected chi connectivity index (χ1v) is 2.97. The van der Waals surface area contributed by atoms with Crippen LogP contribution in [0.5, 0.6) is 0 Å². The second-order valence-corrected chi connectivity index (χ2v) is 2.28. The van der Waals surface area contributed by atoms with Gasteiger partial charge in [-0.25, -0.2) is 6.04 Å². The molecular weight excluding hydrogens is 376 g/mol. The van der Waals surface area contributed by atoms with E-state index in [1.54, 1.807) is 0 Å². The third-order valence-electron chi connectivity index (χ3n) is 1.28. The molecule has 0 aromatic rings. The molecule has 2 nitrogen and oxygen atoms in total. The van der Waals surface area contributed by atoms with E-state index in [-0.39, 0.29) is 7.43 Å². The number of hydrogen-bond donors (Lipinski definition) is 1. The Bertz CT molecular complexity index is 62.0. The maximum Gasteiger partial charge on any atom is 0.0613 e. The van der Waals surface area contributed by atoms with Gasteiger partial charge in [0, 0.05) is 0 Å². The van der Waals surface area contributed by atoms with Crippen molar-refractivity contribution in [2.24, 2.45) is 0 Å². The quantitative estimate of drug-likeness (QED) is 0.623. The molecule has 1 aliphatic rings. The minimum atomic E-state index is 0. The Morgan fingerprint density at radius 3 is 2.50 bits per heavy atom. The summed E-state index contributed by atoms with van der Waals surface area (Å²) in [5.74, 6) is 0. The van der Waals surface area contributed by atoms with Crippen molar-refractivity contribution in [2.75, 3.05) is 13.2 Å². The Labute approximate surface area is 57.6 Å². The molecule has 0 amide bonds. The molecule has 0 aromatic carbocycles. The first kappa shape index (κ1) is 11.7. The van der Waals surface area contributed by atoms with Crippen molar-refractivity contribution in [3.05, 3.63) is 13.5 Å². The molecule has 0 bridgehead atoms. The first-order chi connectivity index (χ1) is 3.79. The van der Waals surface area contributed by atoms with E-state index in [4.69, 9.17) is 4.74 Å². The number of ether oxygens (including phenoxy) is 1. The van der Waals surface area contributed by atoms with Crippen LogP contribution < -0.4 is 5.32 Å². The van der Waals surface area contributed by atoms with Crippen molar-refractivity contribution in [1.29, 1.82) is 0 Å². The van der Waals surface area contributed by atoms with Crippen molar-refractivity contribution in [1.82, 2.24) is 5.32 Å². The van der Waals surface area contributed by atoms with Crippen molar-refractivity contribution < 1.29 is 4.74 Å². The van der Waals surface area contributed by atoms with Crippen LogP contribution in [0.15, 0.2) is 0 Å². The molecule has 10 heavy (non-hydrogen) atoms. The molecule has 1 fully saturated rings. The molecule has 1 saturated heterocycles. The fourth-order valence-electron chi connectivity index (χ4n) is 0.695. The van der Waals surface area contributed by atoms with Crippen LogP contribution in [0.25, 0.3) is 0 Å². The Morgan fingerprint density at radius 1 is 1.60 bits per heavy atom. The molecule has 1 radical (unpaired) electrons. The van der Waals surface area contributed by atoms with Crippen LogP contribution >= 0.6 is 0 Å². The minimum absolute atomic E-state index is 0. The molecule has 1 aliphatic heterocycles. The second-order valence-electron chi connectivity index (χ2n) is 2.28. The SMILES string of the molecule is C[C-]1COC(C)CN1.[CH3-].[Lr]. The third-order valence-corrected chi connectivity index (χ3v) is 1.28. The number of hydrogen-bond acceptors (Lipinski definition) is 2. The van der Waals surface area contributed by atoms with Crippen molar-refractivity contribution in [3.63, 3.8) is 0 Å². The van der Waals surface area contributed by atoms with Crippen molar-refractivity contribution in [2.45, 2.75) is 20.0 Å². The summed E-state index contributed by atoms with van der Waals surface area (Å²) in [6.45, 7) is 5.86. The zero-order chi connectivity index (χ0) is 5.98. The average molecular weight is 391 g/mol. The third kappa shape index (κ3) is 3.05. The van der Waals surface area contributed by atoms with Crippen LogP contribution in [0.4, 0.5) is 0 Å². The van der Waals surface area contributed by atoms with E-state index >= 15 is 0 Å². The molecule has 0 aliphatic carbocycles. The Morgan fingerprint density at radius 2 is 2.20 bits per heavy atom. The van der Waals surface area contributed by atoms with Crippen LogP contribution in [-0.2, 0) is 4.74 Å². The molecule has 3 heteroatoms. The predicted octanol–water partition coefficient (Wildman–Crippen LogP) is 0.997. The summed E-state index contributed by atoms with van der Waals surface area (Å²) in [5.41, 5.74) is 0. The monoisotopic (exact) mass is 391 g/mol. The molecule has 1 unspecified atom stereocenters. The van der Waals surface area contributed by atoms with Crippen LogP contribution in [0, 0.1) is 13.5 Å². The topological polar surface area (TPSA) is 21.3 Å². The molecule has 0 aromatic heterocycles. The van der Waals surface area contributed by atoms with Crippen molar-refractivity contribution >= 4 is 0 Å². The first-order valence-electron chi connectivity index (χ1n) is 2.97. The average Bonchev–Trinajstić information content (AvgIpc) is 1.77. The van der Waals surface area contributed by atoms with E-state index in [1.807, 2.05) is 6.92 Å². The van der Waals surface area contributed by atoms with Gasteiger partial charge in [0.2, 0.25) is 0 Å². The number of rotatable bonds is 0. The maximum atomic E-state index is 5.29. The van der Waals surface area contributed by atoms with E-state index in [1.165, 1.54) is 6.04 Å². The standard InChI is InChI=1S/C6H12NO.CH3.Lr/c1-5-4-8-6(2)3-7-5;;/h6-7H,3-4H2,1-2H3;1H3;/q2*-1;. The van der Waals surface area contributed by atoms with Gasteiger partial charge >= 0.3 is 0 Å². The van der Waals surface area contributed by atoms with E-state index in [2.05, 4.69) is 12.2 Å². The number of nitrogens with one attached hydrogen (secondary N) is 1. The number of morpholine rings is 1. The largest absolute Gasteiger partial charge is 0.463 e. The van der Waals surface area contributed by atoms with Gasteiger partial charge in [0.05, 0.1) is 6.10 Å². The Balaban J connectivity index is 0. The van der Waals surface area contributed by atoms with Gasteiger partial charge in [0.15, 0.2) is 0 Å². The summed E-state index contributed by atoms with van der Waals surface area (Å²) in [6.07, 6.45) is 0.388. The molecule has 0 spiro atoms. The summed E-state index contributed by atoms with van der Waals surface area (Å²) in [5, 5.41) is 3.22. The molecule has 1 atom stereocenters. The summed E-state index contributed by atoms with van der Waals surface area (Å²) in [7, 11) is 0. The molecular formula is C7H15LrNO-2. The summed E-state index contributed by atoms with van der Waals surface area (Å²) >= 11 is 0. The van der Waals surface area contributed by atoms with Gasteiger partial charge in [-0.15, -0.1) is 0 Å². The van der Waals surface area contributed by atoms with Crippen LogP contribution in [0.2, 0.25) is 0 Å². The normalized spacial score (nSPS) is 26.4. The summed E-state index contributed by atoms with van der Waals surface area (Å²) in [6, 6.07) is 1.24. The van der Waals surface area contributed by atoms with Crippen molar-refractivity contribution in [3.8, 4) is 0 Å². The summed E-state index contributed by atoms with van der Waals surface area (Å²) < 4.78 is 5.29. The fourth-order valence-corrected chi connectivity index (χ4v) is 0.695. The van der Waals surface area contributed by atoms with Gasteiger partial charge in [-0.2, -0.15) is 6.92 Å². The Kier molecular flexibility index (Phi) is 5.57. The fraction of sp³-hybridized carbons (Fsp3) is 0.714. The van der Waals surface area contributed by atoms with Gasteiger partial charge in [0.25, 0.3) is 0 Å². The van der Waals surface area contributed by atoms with Gasteiger partial charge in [-0.05, 0) is 13.5 Å². The maximum absolute atomic E-state index is 5.29. The van der Waals surface area contributed by atoms with Crippen LogP contribution in [0.1, 0.15) is 13.8 Å². The van der Waals surface area contributed by atoms with E-state index in [0.717, 1.165) is 13.2 Å². The van der Waals surface area contributed by atoms with E-state index in [0.29, 0.717) is 6.10 Å². The van der Waals surface area contributed by atoms with Crippen LogP contribution in [-0.4, -0.2) is 19.3 Å². The zero-order valence-corrected chi connectivity index (χ0v) is 8.81. The van der Waals surface area contributed by atoms with Gasteiger partial charge < -0.3 is 17.5 Å². The smallest absolute Gasteiger partial charge is 0.0613 e. The van der Waals surface area contributed by atoms with Gasteiger partial charge in [0.1, 0.15) is 0 Å². The second kappa shape index (κ2) is 4.77. The van der Waals surface area contributed by atoms with Gasteiger partial charge in [-0.3, -0.25) is 0 Å². The van der Waals surface area contributed by atoms with Gasteiger partial charge in [-0.1, -0.05) is 6.61 Å². The Hall–Kier alpha value is -1.08.